The number of esters is 1. The molecule has 0 bridgehead atoms. The Morgan fingerprint density at radius 3 is 2.62 bits per heavy atom. The molecule has 1 aromatic carbocycles. The second kappa shape index (κ2) is 8.49. The number of unbranched alkanes of at least 4 members (excludes halogenated alkanes) is 1. The molecule has 0 saturated carbocycles. The predicted octanol–water partition coefficient (Wildman–Crippen LogP) is 3.07. The maximum Gasteiger partial charge on any atom is 0.310 e. The van der Waals surface area contributed by atoms with Gasteiger partial charge in [-0.25, -0.2) is 0 Å². The number of benzene rings is 1. The molecule has 1 saturated heterocycles. The van der Waals surface area contributed by atoms with Gasteiger partial charge in [0.1, 0.15) is 0 Å². The molecular weight excluding hydrogens is 354 g/mol. The minimum absolute atomic E-state index is 0.0958. The average Bonchev–Trinajstić information content (AvgIpc) is 2.86. The van der Waals surface area contributed by atoms with Gasteiger partial charge in [0.2, 0.25) is 11.8 Å². The molecule has 138 valence electrons. The van der Waals surface area contributed by atoms with E-state index in [1.54, 1.807) is 0 Å². The molecule has 2 aliphatic rings. The van der Waals surface area contributed by atoms with Crippen LogP contribution in [0.1, 0.15) is 31.2 Å². The Hall–Kier alpha value is -2.14. The number of carbonyl (C=O) groups excluding carboxylic acids is 3. The molecule has 3 rings (SSSR count). The third-order valence-electron chi connectivity index (χ3n) is 4.89. The van der Waals surface area contributed by atoms with Gasteiger partial charge >= 0.3 is 5.97 Å². The molecule has 2 unspecified atom stereocenters. The number of rotatable bonds is 7. The largest absolute Gasteiger partial charge is 0.465 e. The van der Waals surface area contributed by atoms with E-state index in [9.17, 15) is 14.4 Å². The number of hydrogen-bond acceptors (Lipinski definition) is 4. The van der Waals surface area contributed by atoms with Gasteiger partial charge in [-0.2, -0.15) is 0 Å². The van der Waals surface area contributed by atoms with Crippen molar-refractivity contribution in [2.75, 3.05) is 13.2 Å². The highest BCUT2D eigenvalue weighted by Crippen LogP contribution is 2.38. The van der Waals surface area contributed by atoms with Crippen LogP contribution in [-0.4, -0.2) is 35.8 Å². The number of halogens is 1. The van der Waals surface area contributed by atoms with E-state index in [1.807, 2.05) is 36.4 Å². The van der Waals surface area contributed by atoms with Crippen LogP contribution in [0.2, 0.25) is 0 Å². The Labute approximate surface area is 158 Å². The number of ether oxygens (including phenoxy) is 1. The molecule has 5 nitrogen and oxygen atoms in total. The summed E-state index contributed by atoms with van der Waals surface area (Å²) in [5.41, 5.74) is 0.917. The summed E-state index contributed by atoms with van der Waals surface area (Å²) >= 11 is 6.01. The van der Waals surface area contributed by atoms with Crippen molar-refractivity contribution >= 4 is 29.4 Å². The van der Waals surface area contributed by atoms with Crippen molar-refractivity contribution in [3.63, 3.8) is 0 Å². The first-order valence-corrected chi connectivity index (χ1v) is 9.33. The third-order valence-corrected chi connectivity index (χ3v) is 5.20. The van der Waals surface area contributed by atoms with Gasteiger partial charge in [0.05, 0.1) is 24.9 Å². The molecule has 1 heterocycles. The minimum atomic E-state index is -0.302. The normalized spacial score (nSPS) is 22.2. The lowest BCUT2D eigenvalue weighted by atomic mass is 9.85. The fourth-order valence-electron chi connectivity index (χ4n) is 3.49. The van der Waals surface area contributed by atoms with E-state index in [0.29, 0.717) is 43.9 Å². The molecule has 6 heteroatoms. The maximum absolute atomic E-state index is 12.4. The maximum atomic E-state index is 12.4. The van der Waals surface area contributed by atoms with Crippen LogP contribution in [0.3, 0.4) is 0 Å². The second-order valence-electron chi connectivity index (χ2n) is 6.72. The van der Waals surface area contributed by atoms with Gasteiger partial charge in [-0.3, -0.25) is 19.3 Å². The summed E-state index contributed by atoms with van der Waals surface area (Å²) in [5, 5.41) is 0.666. The second-order valence-corrected chi connectivity index (χ2v) is 7.21. The van der Waals surface area contributed by atoms with Gasteiger partial charge in [0.15, 0.2) is 0 Å². The standard InChI is InChI=1S/C20H22ClNO4/c21-15-8-9-16-17(13-15)20(25)22(19(16)24)10-4-5-11-26-18(23)12-14-6-2-1-3-7-14/h1-3,6-8,16-17H,4-5,9-13H2. The minimum Gasteiger partial charge on any atom is -0.465 e. The van der Waals surface area contributed by atoms with Gasteiger partial charge in [-0.05, 0) is 31.2 Å². The highest BCUT2D eigenvalue weighted by molar-refractivity contribution is 6.30. The number of fused-ring (bicyclic) bond motifs is 1. The molecule has 26 heavy (non-hydrogen) atoms. The quantitative estimate of drug-likeness (QED) is 0.417. The average molecular weight is 376 g/mol. The lowest BCUT2D eigenvalue weighted by molar-refractivity contribution is -0.144. The Balaban J connectivity index is 1.37. The number of carbonyl (C=O) groups is 3. The van der Waals surface area contributed by atoms with E-state index in [2.05, 4.69) is 0 Å². The fraction of sp³-hybridized carbons (Fsp3) is 0.450. The van der Waals surface area contributed by atoms with Crippen molar-refractivity contribution in [2.24, 2.45) is 11.8 Å². The first-order chi connectivity index (χ1) is 12.6. The first-order valence-electron chi connectivity index (χ1n) is 8.95. The number of imide groups is 1. The molecule has 2 atom stereocenters. The third kappa shape index (κ3) is 4.33. The SMILES string of the molecule is O=C(Cc1ccccc1)OCCCCN1C(=O)C2CC=C(Cl)CC2C1=O. The van der Waals surface area contributed by atoms with Crippen LogP contribution in [0.15, 0.2) is 41.4 Å². The Morgan fingerprint density at radius 2 is 1.85 bits per heavy atom. The summed E-state index contributed by atoms with van der Waals surface area (Å²) in [6.45, 7) is 0.667. The van der Waals surface area contributed by atoms with Gasteiger partial charge < -0.3 is 4.74 Å². The van der Waals surface area contributed by atoms with Crippen molar-refractivity contribution < 1.29 is 19.1 Å². The van der Waals surface area contributed by atoms with Crippen LogP contribution >= 0.6 is 11.6 Å². The summed E-state index contributed by atoms with van der Waals surface area (Å²) in [6, 6.07) is 9.43. The van der Waals surface area contributed by atoms with Crippen molar-refractivity contribution in [2.45, 2.75) is 32.1 Å². The van der Waals surface area contributed by atoms with E-state index in [0.717, 1.165) is 5.56 Å². The van der Waals surface area contributed by atoms with Gasteiger partial charge in [0.25, 0.3) is 0 Å². The number of likely N-dealkylation sites (tertiary alicyclic amines) is 1. The lowest BCUT2D eigenvalue weighted by Gasteiger charge is -2.17. The van der Waals surface area contributed by atoms with Crippen LogP contribution in [0.4, 0.5) is 0 Å². The summed E-state index contributed by atoms with van der Waals surface area (Å²) in [4.78, 5) is 37.9. The number of hydrogen-bond donors (Lipinski definition) is 0. The molecule has 0 N–H and O–H groups in total. The monoisotopic (exact) mass is 375 g/mol. The van der Waals surface area contributed by atoms with E-state index < -0.39 is 0 Å². The molecule has 1 aromatic rings. The van der Waals surface area contributed by atoms with Crippen LogP contribution in [0.25, 0.3) is 0 Å². The molecule has 2 amide bonds. The zero-order valence-corrected chi connectivity index (χ0v) is 15.3. The first kappa shape index (κ1) is 18.6. The van der Waals surface area contributed by atoms with E-state index >= 15 is 0 Å². The van der Waals surface area contributed by atoms with Crippen molar-refractivity contribution in [3.05, 3.63) is 47.0 Å². The smallest absolute Gasteiger partial charge is 0.310 e. The van der Waals surface area contributed by atoms with E-state index in [4.69, 9.17) is 16.3 Å². The van der Waals surface area contributed by atoms with Crippen LogP contribution in [0, 0.1) is 11.8 Å². The number of nitrogens with zero attached hydrogens (tertiary/aromatic N) is 1. The van der Waals surface area contributed by atoms with Gasteiger partial charge in [-0.1, -0.05) is 48.0 Å². The molecule has 1 aliphatic heterocycles. The van der Waals surface area contributed by atoms with E-state index in [-0.39, 0.29) is 36.0 Å². The molecule has 0 radical (unpaired) electrons. The zero-order valence-electron chi connectivity index (χ0n) is 14.5. The molecule has 0 spiro atoms. The Kier molecular flexibility index (Phi) is 6.09. The summed E-state index contributed by atoms with van der Waals surface area (Å²) in [5.74, 6) is -1.04. The Morgan fingerprint density at radius 1 is 1.12 bits per heavy atom. The lowest BCUT2D eigenvalue weighted by Crippen LogP contribution is -2.32. The predicted molar refractivity (Wildman–Crippen MR) is 97.2 cm³/mol. The summed E-state index contributed by atoms with van der Waals surface area (Å²) in [6.07, 6.45) is 4.33. The highest BCUT2D eigenvalue weighted by Gasteiger charge is 2.47. The van der Waals surface area contributed by atoms with Crippen LogP contribution < -0.4 is 0 Å². The molecular formula is C20H22ClNO4. The zero-order chi connectivity index (χ0) is 18.5. The summed E-state index contributed by atoms with van der Waals surface area (Å²) in [7, 11) is 0. The Bertz CT molecular complexity index is 716. The molecule has 0 aromatic heterocycles. The van der Waals surface area contributed by atoms with E-state index in [1.165, 1.54) is 4.90 Å². The summed E-state index contributed by atoms with van der Waals surface area (Å²) < 4.78 is 5.22. The van der Waals surface area contributed by atoms with Gasteiger partial charge in [0, 0.05) is 11.6 Å². The van der Waals surface area contributed by atoms with Crippen molar-refractivity contribution in [1.82, 2.24) is 4.90 Å². The molecule has 1 fully saturated rings. The number of allylic oxidation sites excluding steroid dienone is 2. The van der Waals surface area contributed by atoms with Crippen LogP contribution in [0.5, 0.6) is 0 Å². The van der Waals surface area contributed by atoms with Gasteiger partial charge in [-0.15, -0.1) is 0 Å². The van der Waals surface area contributed by atoms with Crippen molar-refractivity contribution in [3.8, 4) is 0 Å². The fourth-order valence-corrected chi connectivity index (χ4v) is 3.74. The topological polar surface area (TPSA) is 63.7 Å². The number of amides is 2. The van der Waals surface area contributed by atoms with Crippen molar-refractivity contribution in [1.29, 1.82) is 0 Å². The highest BCUT2D eigenvalue weighted by atomic mass is 35.5. The molecule has 1 aliphatic carbocycles. The van der Waals surface area contributed by atoms with Crippen LogP contribution in [-0.2, 0) is 25.5 Å².